The molecular weight excluding hydrogens is 442 g/mol. The maximum Gasteiger partial charge on any atom is 0.270 e. The molecule has 3 amide bonds. The molecule has 1 unspecified atom stereocenters. The summed E-state index contributed by atoms with van der Waals surface area (Å²) in [5.74, 6) is -0.442. The Morgan fingerprint density at radius 2 is 1.77 bits per heavy atom. The van der Waals surface area contributed by atoms with Gasteiger partial charge >= 0.3 is 0 Å². The van der Waals surface area contributed by atoms with Crippen molar-refractivity contribution in [3.8, 4) is 5.75 Å². The third-order valence-corrected chi connectivity index (χ3v) is 6.04. The predicted octanol–water partition coefficient (Wildman–Crippen LogP) is 4.76. The van der Waals surface area contributed by atoms with Crippen molar-refractivity contribution >= 4 is 29.1 Å². The number of ether oxygens (including phenoxy) is 1. The maximum atomic E-state index is 13.3. The van der Waals surface area contributed by atoms with Gasteiger partial charge in [-0.15, -0.1) is 0 Å². The van der Waals surface area contributed by atoms with Crippen molar-refractivity contribution in [2.75, 3.05) is 16.8 Å². The molecule has 0 bridgehead atoms. The highest BCUT2D eigenvalue weighted by atomic mass is 16.5. The van der Waals surface area contributed by atoms with Gasteiger partial charge in [0.2, 0.25) is 17.9 Å². The summed E-state index contributed by atoms with van der Waals surface area (Å²) in [7, 11) is 0. The van der Waals surface area contributed by atoms with Gasteiger partial charge in [-0.25, -0.2) is 0 Å². The molecule has 1 atom stereocenters. The molecule has 35 heavy (non-hydrogen) atoms. The molecule has 7 nitrogen and oxygen atoms in total. The molecular formula is C28H29N3O4. The van der Waals surface area contributed by atoms with E-state index in [0.717, 1.165) is 30.5 Å². The number of hydrogen-bond acceptors (Lipinski definition) is 4. The van der Waals surface area contributed by atoms with Gasteiger partial charge in [-0.1, -0.05) is 42.8 Å². The van der Waals surface area contributed by atoms with E-state index in [1.807, 2.05) is 54.3 Å². The minimum Gasteiger partial charge on any atom is -0.476 e. The van der Waals surface area contributed by atoms with Gasteiger partial charge in [0.25, 0.3) is 5.91 Å². The Kier molecular flexibility index (Phi) is 7.45. The summed E-state index contributed by atoms with van der Waals surface area (Å²) in [4.78, 5) is 39.3. The highest BCUT2D eigenvalue weighted by molar-refractivity contribution is 5.97. The molecule has 0 saturated carbocycles. The number of aryl methyl sites for hydroxylation is 1. The van der Waals surface area contributed by atoms with E-state index in [2.05, 4.69) is 5.32 Å². The van der Waals surface area contributed by atoms with Crippen LogP contribution in [0.25, 0.3) is 0 Å². The molecule has 1 aliphatic rings. The summed E-state index contributed by atoms with van der Waals surface area (Å²) in [5.41, 5.74) is 8.73. The lowest BCUT2D eigenvalue weighted by Gasteiger charge is -2.24. The Hall–Kier alpha value is -4.13. The first kappa shape index (κ1) is 24.0. The summed E-state index contributed by atoms with van der Waals surface area (Å²) in [5, 5.41) is 2.93. The van der Waals surface area contributed by atoms with E-state index in [1.54, 1.807) is 24.3 Å². The monoisotopic (exact) mass is 471 g/mol. The molecule has 1 fully saturated rings. The highest BCUT2D eigenvalue weighted by Gasteiger charge is 2.24. The summed E-state index contributed by atoms with van der Waals surface area (Å²) < 4.78 is 6.03. The Morgan fingerprint density at radius 3 is 2.51 bits per heavy atom. The quantitative estimate of drug-likeness (QED) is 0.519. The molecule has 0 aliphatic carbocycles. The summed E-state index contributed by atoms with van der Waals surface area (Å²) in [6, 6.07) is 21.1. The van der Waals surface area contributed by atoms with Gasteiger partial charge < -0.3 is 20.7 Å². The van der Waals surface area contributed by atoms with Crippen molar-refractivity contribution in [3.63, 3.8) is 0 Å². The normalized spacial score (nSPS) is 14.7. The van der Waals surface area contributed by atoms with Crippen LogP contribution in [0.4, 0.5) is 11.4 Å². The number of carbonyl (C=O) groups is 3. The first-order valence-electron chi connectivity index (χ1n) is 11.8. The average molecular weight is 472 g/mol. The minimum atomic E-state index is -0.952. The van der Waals surface area contributed by atoms with Crippen molar-refractivity contribution in [3.05, 3.63) is 89.5 Å². The number of hydrogen-bond donors (Lipinski definition) is 2. The molecule has 0 aromatic heterocycles. The van der Waals surface area contributed by atoms with Gasteiger partial charge in [0.05, 0.1) is 0 Å². The SMILES string of the molecule is Cc1cc(NC(=O)C(Oc2cccc(C(N)=O)c2)c2ccccc2)ccc1N1CCCCCC1=O. The number of amides is 3. The molecule has 3 aromatic rings. The number of nitrogens with zero attached hydrogens (tertiary/aromatic N) is 1. The molecule has 4 rings (SSSR count). The Bertz CT molecular complexity index is 1230. The second-order valence-corrected chi connectivity index (χ2v) is 8.65. The van der Waals surface area contributed by atoms with Gasteiger partial charge in [0.15, 0.2) is 0 Å². The Balaban J connectivity index is 1.56. The summed E-state index contributed by atoms with van der Waals surface area (Å²) in [6.45, 7) is 2.64. The van der Waals surface area contributed by atoms with Crippen LogP contribution in [0.5, 0.6) is 5.75 Å². The number of benzene rings is 3. The number of primary amides is 1. The van der Waals surface area contributed by atoms with Crippen LogP contribution in [-0.4, -0.2) is 24.3 Å². The molecule has 1 saturated heterocycles. The van der Waals surface area contributed by atoms with E-state index in [0.29, 0.717) is 35.5 Å². The zero-order valence-corrected chi connectivity index (χ0v) is 19.7. The third-order valence-electron chi connectivity index (χ3n) is 6.04. The van der Waals surface area contributed by atoms with Gasteiger partial charge in [-0.05, 0) is 61.7 Å². The van der Waals surface area contributed by atoms with Crippen LogP contribution < -0.4 is 20.7 Å². The first-order valence-corrected chi connectivity index (χ1v) is 11.8. The third kappa shape index (κ3) is 5.87. The minimum absolute atomic E-state index is 0.137. The van der Waals surface area contributed by atoms with Crippen LogP contribution >= 0.6 is 0 Å². The van der Waals surface area contributed by atoms with E-state index in [4.69, 9.17) is 10.5 Å². The van der Waals surface area contributed by atoms with E-state index >= 15 is 0 Å². The van der Waals surface area contributed by atoms with E-state index in [1.165, 1.54) is 6.07 Å². The Morgan fingerprint density at radius 1 is 0.971 bits per heavy atom. The van der Waals surface area contributed by atoms with E-state index in [9.17, 15) is 14.4 Å². The largest absolute Gasteiger partial charge is 0.476 e. The van der Waals surface area contributed by atoms with Crippen LogP contribution in [0.15, 0.2) is 72.8 Å². The van der Waals surface area contributed by atoms with Gasteiger partial charge in [0.1, 0.15) is 5.75 Å². The van der Waals surface area contributed by atoms with Crippen molar-refractivity contribution in [1.29, 1.82) is 0 Å². The Labute approximate surface area is 204 Å². The van der Waals surface area contributed by atoms with Gasteiger partial charge in [0, 0.05) is 35.5 Å². The molecule has 7 heteroatoms. The fraction of sp³-hybridized carbons (Fsp3) is 0.250. The van der Waals surface area contributed by atoms with Crippen molar-refractivity contribution < 1.29 is 19.1 Å². The molecule has 0 spiro atoms. The molecule has 1 heterocycles. The topological polar surface area (TPSA) is 102 Å². The second-order valence-electron chi connectivity index (χ2n) is 8.65. The molecule has 3 N–H and O–H groups in total. The second kappa shape index (κ2) is 10.9. The number of nitrogens with two attached hydrogens (primary N) is 1. The average Bonchev–Trinajstić information content (AvgIpc) is 3.07. The van der Waals surface area contributed by atoms with Crippen molar-refractivity contribution in [2.24, 2.45) is 5.73 Å². The fourth-order valence-corrected chi connectivity index (χ4v) is 4.24. The van der Waals surface area contributed by atoms with Crippen LogP contribution in [0.3, 0.4) is 0 Å². The predicted molar refractivity (Wildman–Crippen MR) is 135 cm³/mol. The van der Waals surface area contributed by atoms with Gasteiger partial charge in [-0.3, -0.25) is 14.4 Å². The number of nitrogens with one attached hydrogen (secondary N) is 1. The standard InChI is InChI=1S/C28H29N3O4/c1-19-17-22(14-15-24(19)31-16-7-3-6-13-25(31)32)30-28(34)26(20-9-4-2-5-10-20)35-23-12-8-11-21(18-23)27(29)33/h2,4-5,8-12,14-15,17-18,26H,3,6-7,13,16H2,1H3,(H2,29,33)(H,30,34). The van der Waals surface area contributed by atoms with Crippen molar-refractivity contribution in [1.82, 2.24) is 0 Å². The fourth-order valence-electron chi connectivity index (χ4n) is 4.24. The summed E-state index contributed by atoms with van der Waals surface area (Å²) in [6.07, 6.45) is 2.57. The molecule has 3 aromatic carbocycles. The number of rotatable bonds is 7. The van der Waals surface area contributed by atoms with Crippen LogP contribution in [0.1, 0.15) is 53.3 Å². The number of carbonyl (C=O) groups excluding carboxylic acids is 3. The number of anilines is 2. The van der Waals surface area contributed by atoms with Gasteiger partial charge in [-0.2, -0.15) is 0 Å². The van der Waals surface area contributed by atoms with Crippen molar-refractivity contribution in [2.45, 2.75) is 38.7 Å². The zero-order valence-electron chi connectivity index (χ0n) is 19.7. The maximum absolute atomic E-state index is 13.3. The van der Waals surface area contributed by atoms with E-state index < -0.39 is 12.0 Å². The van der Waals surface area contributed by atoms with Crippen LogP contribution in [0.2, 0.25) is 0 Å². The highest BCUT2D eigenvalue weighted by Crippen LogP contribution is 2.29. The molecule has 0 radical (unpaired) electrons. The lowest BCUT2D eigenvalue weighted by Crippen LogP contribution is -2.30. The zero-order chi connectivity index (χ0) is 24.8. The lowest BCUT2D eigenvalue weighted by atomic mass is 10.1. The molecule has 180 valence electrons. The smallest absolute Gasteiger partial charge is 0.270 e. The van der Waals surface area contributed by atoms with Crippen LogP contribution in [0, 0.1) is 6.92 Å². The lowest BCUT2D eigenvalue weighted by molar-refractivity contribution is -0.123. The van der Waals surface area contributed by atoms with Crippen LogP contribution in [-0.2, 0) is 9.59 Å². The molecule has 1 aliphatic heterocycles. The summed E-state index contributed by atoms with van der Waals surface area (Å²) >= 11 is 0. The van der Waals surface area contributed by atoms with E-state index in [-0.39, 0.29) is 11.8 Å². The first-order chi connectivity index (χ1) is 16.9.